The molecule has 3 aromatic rings. The summed E-state index contributed by atoms with van der Waals surface area (Å²) in [7, 11) is 0. The number of hydrogen-bond acceptors (Lipinski definition) is 5. The average Bonchev–Trinajstić information content (AvgIpc) is 3.05. The molecule has 0 bridgehead atoms. The van der Waals surface area contributed by atoms with Gasteiger partial charge in [-0.15, -0.1) is 10.2 Å². The largest absolute Gasteiger partial charge is 0.508 e. The fourth-order valence-corrected chi connectivity index (χ4v) is 2.21. The topological polar surface area (TPSA) is 103 Å². The van der Waals surface area contributed by atoms with Gasteiger partial charge in [0.15, 0.2) is 5.69 Å². The number of nitrogens with one attached hydrogen (secondary N) is 2. The van der Waals surface area contributed by atoms with Crippen molar-refractivity contribution in [2.45, 2.75) is 13.8 Å². The van der Waals surface area contributed by atoms with Gasteiger partial charge in [0, 0.05) is 5.69 Å². The Morgan fingerprint density at radius 3 is 2.60 bits per heavy atom. The predicted molar refractivity (Wildman–Crippen MR) is 94.7 cm³/mol. The van der Waals surface area contributed by atoms with E-state index in [0.29, 0.717) is 11.4 Å². The monoisotopic (exact) mass is 335 g/mol. The third-order valence-electron chi connectivity index (χ3n) is 3.59. The Morgan fingerprint density at radius 1 is 1.12 bits per heavy atom. The molecular formula is C18H17N5O2. The zero-order chi connectivity index (χ0) is 17.8. The van der Waals surface area contributed by atoms with Crippen molar-refractivity contribution in [2.24, 2.45) is 10.2 Å². The summed E-state index contributed by atoms with van der Waals surface area (Å²) in [6, 6.07) is 12.2. The van der Waals surface area contributed by atoms with Gasteiger partial charge in [0.25, 0.3) is 5.91 Å². The van der Waals surface area contributed by atoms with Crippen LogP contribution in [0.5, 0.6) is 5.75 Å². The van der Waals surface area contributed by atoms with Gasteiger partial charge in [-0.25, -0.2) is 4.98 Å². The van der Waals surface area contributed by atoms with E-state index in [4.69, 9.17) is 0 Å². The van der Waals surface area contributed by atoms with Crippen LogP contribution >= 0.6 is 0 Å². The summed E-state index contributed by atoms with van der Waals surface area (Å²) in [4.78, 5) is 19.2. The van der Waals surface area contributed by atoms with Gasteiger partial charge in [-0.2, -0.15) is 0 Å². The molecule has 0 aliphatic heterocycles. The summed E-state index contributed by atoms with van der Waals surface area (Å²) in [6.45, 7) is 3.79. The first-order valence-electron chi connectivity index (χ1n) is 7.65. The molecule has 1 amide bonds. The number of aromatic amines is 1. The Kier molecular flexibility index (Phi) is 4.56. The van der Waals surface area contributed by atoms with Crippen LogP contribution in [0.4, 0.5) is 17.2 Å². The Bertz CT molecular complexity index is 929. The number of rotatable bonds is 4. The van der Waals surface area contributed by atoms with Crippen molar-refractivity contribution in [2.75, 3.05) is 5.32 Å². The van der Waals surface area contributed by atoms with Gasteiger partial charge in [-0.05, 0) is 49.7 Å². The van der Waals surface area contributed by atoms with Gasteiger partial charge in [-0.1, -0.05) is 17.7 Å². The molecule has 7 heteroatoms. The molecule has 0 aliphatic rings. The van der Waals surface area contributed by atoms with E-state index in [-0.39, 0.29) is 23.2 Å². The van der Waals surface area contributed by atoms with Crippen LogP contribution in [0.15, 0.2) is 59.0 Å². The summed E-state index contributed by atoms with van der Waals surface area (Å²) >= 11 is 0. The van der Waals surface area contributed by atoms with Crippen molar-refractivity contribution < 1.29 is 9.90 Å². The second kappa shape index (κ2) is 6.96. The molecular weight excluding hydrogens is 318 g/mol. The maximum atomic E-state index is 12.4. The summed E-state index contributed by atoms with van der Waals surface area (Å²) in [5.41, 5.74) is 3.37. The summed E-state index contributed by atoms with van der Waals surface area (Å²) < 4.78 is 0. The highest BCUT2D eigenvalue weighted by Crippen LogP contribution is 2.25. The normalized spacial score (nSPS) is 11.0. The first-order valence-corrected chi connectivity index (χ1v) is 7.65. The smallest absolute Gasteiger partial charge is 0.276 e. The first kappa shape index (κ1) is 16.4. The number of azo groups is 1. The number of nitrogens with zero attached hydrogens (tertiary/aromatic N) is 3. The lowest BCUT2D eigenvalue weighted by Crippen LogP contribution is -2.12. The quantitative estimate of drug-likeness (QED) is 0.616. The number of aromatic hydroxyl groups is 1. The highest BCUT2D eigenvalue weighted by molar-refractivity contribution is 6.05. The fraction of sp³-hybridized carbons (Fsp3) is 0.111. The van der Waals surface area contributed by atoms with Gasteiger partial charge >= 0.3 is 0 Å². The molecule has 0 atom stereocenters. The number of anilines is 1. The van der Waals surface area contributed by atoms with Crippen LogP contribution < -0.4 is 5.32 Å². The first-order chi connectivity index (χ1) is 12.0. The summed E-state index contributed by atoms with van der Waals surface area (Å²) in [5, 5.41) is 20.4. The number of H-pyrrole nitrogens is 1. The molecule has 0 saturated heterocycles. The van der Waals surface area contributed by atoms with Crippen molar-refractivity contribution in [1.29, 1.82) is 0 Å². The lowest BCUT2D eigenvalue weighted by Gasteiger charge is -2.04. The fourth-order valence-electron chi connectivity index (χ4n) is 2.21. The van der Waals surface area contributed by atoms with E-state index in [9.17, 15) is 9.90 Å². The van der Waals surface area contributed by atoms with Gasteiger partial charge in [0.2, 0.25) is 5.82 Å². The van der Waals surface area contributed by atoms with Crippen molar-refractivity contribution in [3.63, 3.8) is 0 Å². The average molecular weight is 335 g/mol. The SMILES string of the molecule is Cc1ccc(NC(=O)c2[nH]cnc2N=Nc2ccc(O)cc2C)cc1. The Hall–Kier alpha value is -3.48. The Labute approximate surface area is 144 Å². The molecule has 0 saturated carbocycles. The van der Waals surface area contributed by atoms with E-state index < -0.39 is 0 Å². The third kappa shape index (κ3) is 3.89. The van der Waals surface area contributed by atoms with Crippen LogP contribution in [0.3, 0.4) is 0 Å². The number of carbonyl (C=O) groups excluding carboxylic acids is 1. The van der Waals surface area contributed by atoms with E-state index in [2.05, 4.69) is 25.5 Å². The maximum Gasteiger partial charge on any atom is 0.276 e. The number of benzene rings is 2. The second-order valence-electron chi connectivity index (χ2n) is 5.59. The molecule has 126 valence electrons. The molecule has 1 heterocycles. The van der Waals surface area contributed by atoms with Crippen LogP contribution in [-0.2, 0) is 0 Å². The van der Waals surface area contributed by atoms with E-state index in [0.717, 1.165) is 11.1 Å². The lowest BCUT2D eigenvalue weighted by molar-refractivity contribution is 0.102. The van der Waals surface area contributed by atoms with Gasteiger partial charge in [0.1, 0.15) is 5.75 Å². The number of phenolic OH excluding ortho intramolecular Hbond substituents is 1. The Balaban J connectivity index is 1.78. The van der Waals surface area contributed by atoms with Gasteiger partial charge in [0.05, 0.1) is 12.0 Å². The molecule has 0 aliphatic carbocycles. The van der Waals surface area contributed by atoms with E-state index in [1.807, 2.05) is 38.1 Å². The molecule has 0 fully saturated rings. The van der Waals surface area contributed by atoms with Crippen LogP contribution in [0.2, 0.25) is 0 Å². The Morgan fingerprint density at radius 2 is 1.88 bits per heavy atom. The summed E-state index contributed by atoms with van der Waals surface area (Å²) in [5.74, 6) is 0.00389. The minimum Gasteiger partial charge on any atom is -0.508 e. The molecule has 3 N–H and O–H groups in total. The van der Waals surface area contributed by atoms with Gasteiger partial charge < -0.3 is 15.4 Å². The van der Waals surface area contributed by atoms with Crippen molar-refractivity contribution in [3.05, 3.63) is 65.6 Å². The number of phenols is 1. The molecule has 3 rings (SSSR count). The second-order valence-corrected chi connectivity index (χ2v) is 5.59. The standard InChI is InChI=1S/C18H17N5O2/c1-11-3-5-13(6-4-11)21-18(25)16-17(20-10-19-16)23-22-15-8-7-14(24)9-12(15)2/h3-10,24H,1-2H3,(H,19,20)(H,21,25). The molecule has 1 aromatic heterocycles. The molecule has 0 spiro atoms. The number of amides is 1. The number of aryl methyl sites for hydroxylation is 2. The minimum atomic E-state index is -0.349. The molecule has 0 radical (unpaired) electrons. The van der Waals surface area contributed by atoms with Crippen LogP contribution in [0.1, 0.15) is 21.6 Å². The van der Waals surface area contributed by atoms with Crippen molar-refractivity contribution >= 4 is 23.1 Å². The predicted octanol–water partition coefficient (Wildman–Crippen LogP) is 4.40. The number of carbonyl (C=O) groups is 1. The summed E-state index contributed by atoms with van der Waals surface area (Å²) in [6.07, 6.45) is 1.39. The van der Waals surface area contributed by atoms with E-state index >= 15 is 0 Å². The van der Waals surface area contributed by atoms with E-state index in [1.165, 1.54) is 12.4 Å². The number of imidazole rings is 1. The van der Waals surface area contributed by atoms with Crippen molar-refractivity contribution in [1.82, 2.24) is 9.97 Å². The maximum absolute atomic E-state index is 12.4. The van der Waals surface area contributed by atoms with Gasteiger partial charge in [-0.3, -0.25) is 4.79 Å². The zero-order valence-corrected chi connectivity index (χ0v) is 13.8. The highest BCUT2D eigenvalue weighted by Gasteiger charge is 2.14. The number of aromatic nitrogens is 2. The molecule has 0 unspecified atom stereocenters. The van der Waals surface area contributed by atoms with Crippen LogP contribution in [0.25, 0.3) is 0 Å². The molecule has 7 nitrogen and oxygen atoms in total. The van der Waals surface area contributed by atoms with E-state index in [1.54, 1.807) is 12.1 Å². The zero-order valence-electron chi connectivity index (χ0n) is 13.8. The van der Waals surface area contributed by atoms with Crippen LogP contribution in [0, 0.1) is 13.8 Å². The minimum absolute atomic E-state index is 0.161. The third-order valence-corrected chi connectivity index (χ3v) is 3.59. The highest BCUT2D eigenvalue weighted by atomic mass is 16.3. The molecule has 25 heavy (non-hydrogen) atoms. The lowest BCUT2D eigenvalue weighted by atomic mass is 10.2. The van der Waals surface area contributed by atoms with Crippen molar-refractivity contribution in [3.8, 4) is 5.75 Å². The molecule has 2 aromatic carbocycles. The van der Waals surface area contributed by atoms with Crippen LogP contribution in [-0.4, -0.2) is 21.0 Å². The number of hydrogen-bond donors (Lipinski definition) is 3.